The quantitative estimate of drug-likeness (QED) is 0.160. The van der Waals surface area contributed by atoms with Crippen molar-refractivity contribution >= 4 is 43.6 Å². The average molecular weight is 976 g/mol. The minimum absolute atomic E-state index is 0.364. The van der Waals surface area contributed by atoms with E-state index in [0.29, 0.717) is 22.3 Å². The van der Waals surface area contributed by atoms with Crippen molar-refractivity contribution in [2.45, 2.75) is 55.4 Å². The average Bonchev–Trinajstić information content (AvgIpc) is 4.13. The predicted octanol–water partition coefficient (Wildman–Crippen LogP) is 18.3. The summed E-state index contributed by atoms with van der Waals surface area (Å²) in [5.74, 6) is 0. The number of benzene rings is 10. The van der Waals surface area contributed by atoms with Gasteiger partial charge in [-0.1, -0.05) is 144 Å². The molecule has 10 aromatic carbocycles. The molecule has 0 amide bonds. The molecule has 0 atom stereocenters. The number of nitriles is 3. The highest BCUT2D eigenvalue weighted by molar-refractivity contribution is 6.14. The molecule has 0 aliphatic heterocycles. The van der Waals surface area contributed by atoms with E-state index in [1.807, 2.05) is 24.3 Å². The first-order valence-electron chi connectivity index (χ1n) is 25.8. The van der Waals surface area contributed by atoms with E-state index in [1.54, 1.807) is 6.07 Å². The Morgan fingerprint density at radius 3 is 0.816 bits per heavy atom. The van der Waals surface area contributed by atoms with E-state index in [2.05, 4.69) is 228 Å². The topological polar surface area (TPSA) is 81.2 Å². The van der Waals surface area contributed by atoms with Crippen LogP contribution in [-0.4, -0.2) is 9.13 Å². The normalized spacial score (nSPS) is 11.4. The fourth-order valence-corrected chi connectivity index (χ4v) is 12.0. The third kappa shape index (κ3) is 7.92. The van der Waals surface area contributed by atoms with Crippen LogP contribution in [-0.2, 0) is 0 Å². The van der Waals surface area contributed by atoms with Gasteiger partial charge in [0.2, 0.25) is 0 Å². The van der Waals surface area contributed by atoms with E-state index in [1.165, 1.54) is 44.5 Å². The number of rotatable bonds is 7. The van der Waals surface area contributed by atoms with Crippen molar-refractivity contribution in [2.24, 2.45) is 0 Å². The van der Waals surface area contributed by atoms with Gasteiger partial charge in [0.05, 0.1) is 68.3 Å². The molecule has 0 radical (unpaired) electrons. The first kappa shape index (κ1) is 47.3. The molecule has 5 nitrogen and oxygen atoms in total. The first-order valence-corrected chi connectivity index (χ1v) is 25.8. The maximum Gasteiger partial charge on any atom is 0.0993 e. The van der Waals surface area contributed by atoms with Gasteiger partial charge in [0.25, 0.3) is 0 Å². The smallest absolute Gasteiger partial charge is 0.0993 e. The summed E-state index contributed by atoms with van der Waals surface area (Å²) < 4.78 is 4.65. The van der Waals surface area contributed by atoms with E-state index >= 15 is 0 Å². The van der Waals surface area contributed by atoms with Crippen molar-refractivity contribution in [2.75, 3.05) is 0 Å². The number of fused-ring (bicyclic) bond motifs is 6. The molecule has 0 fully saturated rings. The van der Waals surface area contributed by atoms with Crippen molar-refractivity contribution in [1.82, 2.24) is 9.13 Å². The molecule has 362 valence electrons. The van der Waals surface area contributed by atoms with Gasteiger partial charge in [-0.25, -0.2) is 0 Å². The van der Waals surface area contributed by atoms with Gasteiger partial charge in [-0.15, -0.1) is 0 Å². The highest BCUT2D eigenvalue weighted by Crippen LogP contribution is 2.46. The summed E-state index contributed by atoms with van der Waals surface area (Å²) in [6.45, 7) is 17.1. The lowest BCUT2D eigenvalue weighted by molar-refractivity contribution is 1.13. The summed E-state index contributed by atoms with van der Waals surface area (Å²) in [4.78, 5) is 0. The largest absolute Gasteiger partial charge is 0.308 e. The molecule has 0 bridgehead atoms. The lowest BCUT2D eigenvalue weighted by atomic mass is 9.94. The summed E-state index contributed by atoms with van der Waals surface area (Å²) in [6, 6.07) is 70.1. The third-order valence-electron chi connectivity index (χ3n) is 15.5. The summed E-state index contributed by atoms with van der Waals surface area (Å²) in [6.07, 6.45) is 0. The Hall–Kier alpha value is -9.73. The van der Waals surface area contributed by atoms with Crippen LogP contribution < -0.4 is 0 Å². The zero-order chi connectivity index (χ0) is 52.7. The molecular formula is C71H53N5. The van der Waals surface area contributed by atoms with Gasteiger partial charge in [-0.05, 0) is 182 Å². The van der Waals surface area contributed by atoms with Gasteiger partial charge < -0.3 is 9.13 Å². The second-order valence-electron chi connectivity index (χ2n) is 20.9. The summed E-state index contributed by atoms with van der Waals surface area (Å²) >= 11 is 0. The fourth-order valence-electron chi connectivity index (χ4n) is 12.0. The fraction of sp³-hybridized carbons (Fsp3) is 0.113. The number of nitrogens with zero attached hydrogens (tertiary/aromatic N) is 5. The summed E-state index contributed by atoms with van der Waals surface area (Å²) in [7, 11) is 0. The maximum atomic E-state index is 11.4. The second kappa shape index (κ2) is 18.3. The summed E-state index contributed by atoms with van der Waals surface area (Å²) in [5.41, 5.74) is 26.3. The molecule has 0 unspecified atom stereocenters. The van der Waals surface area contributed by atoms with E-state index in [9.17, 15) is 15.8 Å². The standard InChI is InChI=1S/C71H53N5/c1-41-9-17-57(45(5)25-41)52-13-21-61-62-22-14-53(58-18-10-42(2)26-46(58)6)35-66(62)75(65(61)34-52)69-32-51(40-74)33-70(71(69)56-30-49(38-72)29-50(31-56)39-73)76-67-36-54(59-19-11-43(3)27-47(59)7)15-23-63(67)64-24-16-55(37-68(64)76)60-20-12-44(4)28-48(60)8/h9-37H,1-8H3. The lowest BCUT2D eigenvalue weighted by Crippen LogP contribution is -2.06. The Balaban J connectivity index is 1.28. The Morgan fingerprint density at radius 1 is 0.276 bits per heavy atom. The Kier molecular flexibility index (Phi) is 11.4. The van der Waals surface area contributed by atoms with Crippen molar-refractivity contribution in [1.29, 1.82) is 15.8 Å². The van der Waals surface area contributed by atoms with Crippen LogP contribution in [0.25, 0.3) is 111 Å². The second-order valence-corrected chi connectivity index (χ2v) is 20.9. The van der Waals surface area contributed by atoms with Crippen LogP contribution in [0.15, 0.2) is 176 Å². The van der Waals surface area contributed by atoms with Gasteiger partial charge in [0.1, 0.15) is 0 Å². The van der Waals surface area contributed by atoms with E-state index in [4.69, 9.17) is 0 Å². The lowest BCUT2D eigenvalue weighted by Gasteiger charge is -2.22. The molecule has 12 rings (SSSR count). The molecule has 0 N–H and O–H groups in total. The first-order chi connectivity index (χ1) is 36.8. The van der Waals surface area contributed by atoms with Gasteiger partial charge in [0.15, 0.2) is 0 Å². The van der Waals surface area contributed by atoms with Crippen molar-refractivity contribution in [3.8, 4) is 85.2 Å². The number of aromatic nitrogens is 2. The van der Waals surface area contributed by atoms with E-state index < -0.39 is 0 Å². The minimum Gasteiger partial charge on any atom is -0.308 e. The zero-order valence-electron chi connectivity index (χ0n) is 44.0. The molecular weight excluding hydrogens is 923 g/mol. The highest BCUT2D eigenvalue weighted by atomic mass is 15.0. The van der Waals surface area contributed by atoms with Crippen LogP contribution in [0, 0.1) is 89.4 Å². The van der Waals surface area contributed by atoms with Crippen LogP contribution in [0.3, 0.4) is 0 Å². The molecule has 12 aromatic rings. The van der Waals surface area contributed by atoms with Gasteiger partial charge in [-0.2, -0.15) is 15.8 Å². The molecule has 5 heteroatoms. The van der Waals surface area contributed by atoms with Crippen molar-refractivity contribution in [3.05, 3.63) is 237 Å². The highest BCUT2D eigenvalue weighted by Gasteiger charge is 2.26. The maximum absolute atomic E-state index is 11.4. The number of hydrogen-bond acceptors (Lipinski definition) is 3. The van der Waals surface area contributed by atoms with Crippen molar-refractivity contribution < 1.29 is 0 Å². The Labute approximate surface area is 444 Å². The van der Waals surface area contributed by atoms with Gasteiger partial charge >= 0.3 is 0 Å². The van der Waals surface area contributed by atoms with Crippen LogP contribution in [0.1, 0.15) is 61.2 Å². The van der Waals surface area contributed by atoms with Crippen molar-refractivity contribution in [3.63, 3.8) is 0 Å². The predicted molar refractivity (Wildman–Crippen MR) is 314 cm³/mol. The third-order valence-corrected chi connectivity index (χ3v) is 15.5. The summed E-state index contributed by atoms with van der Waals surface area (Å²) in [5, 5.41) is 37.0. The Morgan fingerprint density at radius 2 is 0.553 bits per heavy atom. The van der Waals surface area contributed by atoms with E-state index in [-0.39, 0.29) is 0 Å². The van der Waals surface area contributed by atoms with Crippen LogP contribution in [0.5, 0.6) is 0 Å². The molecule has 2 heterocycles. The molecule has 76 heavy (non-hydrogen) atoms. The SMILES string of the molecule is Cc1ccc(-c2ccc3c4ccc(-c5ccc(C)cc5C)cc4n(-c4cc(C#N)cc(-n5c6cc(-c7ccc(C)cc7C)ccc6c6ccc(-c7ccc(C)cc7C)cc65)c4-c4cc(C#N)cc(C#N)c4)c3c2)c(C)c1. The number of hydrogen-bond donors (Lipinski definition) is 0. The van der Waals surface area contributed by atoms with Gasteiger partial charge in [-0.3, -0.25) is 0 Å². The van der Waals surface area contributed by atoms with Crippen LogP contribution >= 0.6 is 0 Å². The van der Waals surface area contributed by atoms with E-state index in [0.717, 1.165) is 105 Å². The molecule has 2 aromatic heterocycles. The molecule has 0 saturated heterocycles. The van der Waals surface area contributed by atoms with Gasteiger partial charge in [0, 0.05) is 27.1 Å². The molecule has 0 spiro atoms. The van der Waals surface area contributed by atoms with Crippen LogP contribution in [0.2, 0.25) is 0 Å². The molecule has 0 saturated carbocycles. The van der Waals surface area contributed by atoms with Crippen LogP contribution in [0.4, 0.5) is 0 Å². The monoisotopic (exact) mass is 975 g/mol. The minimum atomic E-state index is 0.364. The Bertz CT molecular complexity index is 4100. The zero-order valence-corrected chi connectivity index (χ0v) is 44.0. The number of aryl methyl sites for hydroxylation is 8. The molecule has 0 aliphatic carbocycles. The molecule has 0 aliphatic rings.